The molecule has 0 aromatic carbocycles. The topological polar surface area (TPSA) is 199 Å². The highest BCUT2D eigenvalue weighted by Gasteiger charge is 2.37. The first kappa shape index (κ1) is 15.9. The maximum atomic E-state index is 9.58. The van der Waals surface area contributed by atoms with E-state index in [1.807, 2.05) is 0 Å². The average Bonchev–Trinajstić information content (AvgIpc) is 1.50. The van der Waals surface area contributed by atoms with Crippen LogP contribution in [-0.4, -0.2) is 29.4 Å². The van der Waals surface area contributed by atoms with E-state index < -0.39 is 22.3 Å². The summed E-state index contributed by atoms with van der Waals surface area (Å²) in [5.41, 5.74) is 4.02. The molecule has 13 heavy (non-hydrogen) atoms. The normalized spacial score (nSPS) is 13.2. The highest BCUT2D eigenvalue weighted by molar-refractivity contribution is 8.26. The molecule has 0 bridgehead atoms. The molecule has 0 aliphatic carbocycles. The molecule has 0 atom stereocenters. The van der Waals surface area contributed by atoms with Gasteiger partial charge >= 0.3 is 22.3 Å². The number of rotatable bonds is 1. The molecular formula is H8NO9P3. The molecule has 0 aliphatic rings. The molecule has 0 saturated carbocycles. The van der Waals surface area contributed by atoms with Crippen LogP contribution in [0.3, 0.4) is 0 Å². The summed E-state index contributed by atoms with van der Waals surface area (Å²) in [6.45, 7) is 0. The average molecular weight is 259 g/mol. The van der Waals surface area contributed by atoms with E-state index >= 15 is 0 Å². The molecule has 0 radical (unpaired) electrons. The van der Waals surface area contributed by atoms with Crippen molar-refractivity contribution < 1.29 is 43.1 Å². The third kappa shape index (κ3) is 15.2. The minimum absolute atomic E-state index is 4.02. The minimum Gasteiger partial charge on any atom is -0.316 e. The minimum atomic E-state index is -5.18. The van der Waals surface area contributed by atoms with Crippen LogP contribution in [-0.2, 0) is 13.7 Å². The van der Waals surface area contributed by atoms with Gasteiger partial charge in [-0.15, -0.1) is 0 Å². The summed E-state index contributed by atoms with van der Waals surface area (Å²) in [6, 6.07) is 0. The smallest absolute Gasteiger partial charge is 0.316 e. The molecule has 13 heteroatoms. The van der Waals surface area contributed by atoms with Gasteiger partial charge in [-0.05, 0) is 0 Å². The van der Waals surface area contributed by atoms with Gasteiger partial charge in [0.1, 0.15) is 0 Å². The third-order valence-corrected chi connectivity index (χ3v) is 3.05. The van der Waals surface area contributed by atoms with Crippen LogP contribution in [0.4, 0.5) is 0 Å². The molecule has 0 unspecified atom stereocenters. The lowest BCUT2D eigenvalue weighted by Crippen LogP contribution is -1.87. The van der Waals surface area contributed by atoms with Crippen LogP contribution < -0.4 is 5.50 Å². The van der Waals surface area contributed by atoms with E-state index in [1.165, 1.54) is 0 Å². The van der Waals surface area contributed by atoms with Crippen LogP contribution in [0, 0.1) is 0 Å². The molecule has 0 fully saturated rings. The SMILES string of the molecule is NP(=O)(O)O.O=P(O)(O)P(=O)(O)O. The molecule has 0 aromatic heterocycles. The van der Waals surface area contributed by atoms with Gasteiger partial charge in [0, 0.05) is 0 Å². The third-order valence-electron chi connectivity index (χ3n) is 0.339. The van der Waals surface area contributed by atoms with Crippen LogP contribution in [0.5, 0.6) is 0 Å². The highest BCUT2D eigenvalue weighted by atomic mass is 32.1. The Bertz CT molecular complexity index is 245. The first-order chi connectivity index (χ1) is 5.25. The maximum absolute atomic E-state index is 9.58. The van der Waals surface area contributed by atoms with Crippen molar-refractivity contribution >= 4 is 22.3 Å². The summed E-state index contributed by atoms with van der Waals surface area (Å²) in [5, 5.41) is 0. The Morgan fingerprint density at radius 1 is 0.692 bits per heavy atom. The summed E-state index contributed by atoms with van der Waals surface area (Å²) in [5.74, 6) is 0. The maximum Gasteiger partial charge on any atom is 0.435 e. The zero-order chi connectivity index (χ0) is 11.5. The molecule has 82 valence electrons. The van der Waals surface area contributed by atoms with Crippen LogP contribution in [0.1, 0.15) is 0 Å². The van der Waals surface area contributed by atoms with Crippen LogP contribution in [0.2, 0.25) is 0 Å². The number of hydrogen-bond donors (Lipinski definition) is 7. The van der Waals surface area contributed by atoms with Gasteiger partial charge in [-0.1, -0.05) is 0 Å². The van der Waals surface area contributed by atoms with Crippen molar-refractivity contribution in [1.29, 1.82) is 0 Å². The Morgan fingerprint density at radius 2 is 0.769 bits per heavy atom. The van der Waals surface area contributed by atoms with Gasteiger partial charge in [-0.2, -0.15) is 0 Å². The molecule has 0 rings (SSSR count). The zero-order valence-corrected chi connectivity index (χ0v) is 8.51. The van der Waals surface area contributed by atoms with Crippen molar-refractivity contribution in [1.82, 2.24) is 0 Å². The fourth-order valence-corrected chi connectivity index (χ4v) is 0. The van der Waals surface area contributed by atoms with E-state index in [1.54, 1.807) is 0 Å². The lowest BCUT2D eigenvalue weighted by atomic mass is 13.9. The van der Waals surface area contributed by atoms with Crippen LogP contribution in [0.25, 0.3) is 0 Å². The van der Waals surface area contributed by atoms with Crippen LogP contribution in [0.15, 0.2) is 0 Å². The Morgan fingerprint density at radius 3 is 0.769 bits per heavy atom. The Hall–Kier alpha value is 0.410. The summed E-state index contributed by atoms with van der Waals surface area (Å²) in [4.78, 5) is 45.6. The van der Waals surface area contributed by atoms with Crippen molar-refractivity contribution in [3.05, 3.63) is 0 Å². The molecule has 0 aromatic rings. The van der Waals surface area contributed by atoms with Gasteiger partial charge in [0.15, 0.2) is 0 Å². The summed E-state index contributed by atoms with van der Waals surface area (Å²) in [7, 11) is -14.5. The molecule has 0 heterocycles. The molecule has 0 saturated heterocycles. The van der Waals surface area contributed by atoms with Crippen molar-refractivity contribution in [2.75, 3.05) is 0 Å². The molecular weight excluding hydrogens is 251 g/mol. The lowest BCUT2D eigenvalue weighted by molar-refractivity contribution is 0.340. The fourth-order valence-electron chi connectivity index (χ4n) is 0. The number of hydrogen-bond acceptors (Lipinski definition) is 3. The summed E-state index contributed by atoms with van der Waals surface area (Å²) in [6.07, 6.45) is 0. The van der Waals surface area contributed by atoms with Gasteiger partial charge in [0.2, 0.25) is 0 Å². The Labute approximate surface area is 71.8 Å². The summed E-state index contributed by atoms with van der Waals surface area (Å²) < 4.78 is 28.3. The second-order valence-corrected chi connectivity index (χ2v) is 7.97. The molecule has 0 amide bonds. The van der Waals surface area contributed by atoms with E-state index in [9.17, 15) is 9.13 Å². The first-order valence-corrected chi connectivity index (χ1v) is 7.82. The zero-order valence-electron chi connectivity index (χ0n) is 5.83. The fraction of sp³-hybridized carbons (Fsp3) is 0. The standard InChI is InChI=1S/H4NO3P.H4O6P2/c1-5(2,3)4;1-7(2,3)8(4,5)6/h(H4,1,2,3,4);(H2,1,2,3)(H2,4,5,6). The molecule has 0 aliphatic heterocycles. The van der Waals surface area contributed by atoms with Crippen molar-refractivity contribution in [2.45, 2.75) is 0 Å². The van der Waals surface area contributed by atoms with E-state index in [0.29, 0.717) is 0 Å². The first-order valence-electron chi connectivity index (χ1n) is 2.21. The molecule has 10 nitrogen and oxygen atoms in total. The molecule has 8 N–H and O–H groups in total. The van der Waals surface area contributed by atoms with E-state index in [-0.39, 0.29) is 0 Å². The molecule has 0 spiro atoms. The van der Waals surface area contributed by atoms with Crippen molar-refractivity contribution in [3.63, 3.8) is 0 Å². The van der Waals surface area contributed by atoms with E-state index in [4.69, 9.17) is 33.9 Å². The predicted molar refractivity (Wildman–Crippen MR) is 40.3 cm³/mol. The van der Waals surface area contributed by atoms with E-state index in [2.05, 4.69) is 5.50 Å². The lowest BCUT2D eigenvalue weighted by Gasteiger charge is -2.02. The predicted octanol–water partition coefficient (Wildman–Crippen LogP) is -1.71. The van der Waals surface area contributed by atoms with Gasteiger partial charge < -0.3 is 29.4 Å². The monoisotopic (exact) mass is 259 g/mol. The van der Waals surface area contributed by atoms with Gasteiger partial charge in [-0.25, -0.2) is 19.2 Å². The Balaban J connectivity index is 0. The van der Waals surface area contributed by atoms with Gasteiger partial charge in [0.05, 0.1) is 0 Å². The quantitative estimate of drug-likeness (QED) is 0.266. The van der Waals surface area contributed by atoms with Crippen molar-refractivity contribution in [3.8, 4) is 0 Å². The van der Waals surface area contributed by atoms with E-state index in [0.717, 1.165) is 0 Å². The van der Waals surface area contributed by atoms with Gasteiger partial charge in [-0.3, -0.25) is 0 Å². The van der Waals surface area contributed by atoms with Crippen LogP contribution >= 0.6 is 22.3 Å². The largest absolute Gasteiger partial charge is 0.435 e. The number of nitrogens with two attached hydrogens (primary N) is 1. The van der Waals surface area contributed by atoms with Crippen molar-refractivity contribution in [2.24, 2.45) is 5.50 Å². The highest BCUT2D eigenvalue weighted by Crippen LogP contribution is 2.71. The van der Waals surface area contributed by atoms with Gasteiger partial charge in [0.25, 0.3) is 0 Å². The Kier molecular flexibility index (Phi) is 5.82. The summed E-state index contributed by atoms with van der Waals surface area (Å²) >= 11 is 0. The second kappa shape index (κ2) is 4.77. The second-order valence-electron chi connectivity index (χ2n) is 1.62.